The molecule has 132 valence electrons. The minimum atomic E-state index is -4.55. The Bertz CT molecular complexity index is 463. The quantitative estimate of drug-likeness (QED) is 0.179. The van der Waals surface area contributed by atoms with Crippen molar-refractivity contribution in [2.75, 3.05) is 0 Å². The van der Waals surface area contributed by atoms with E-state index in [1.54, 1.807) is 0 Å². The van der Waals surface area contributed by atoms with Gasteiger partial charge in [0.15, 0.2) is 0 Å². The second kappa shape index (κ2) is 17.0. The molecule has 0 aromatic rings. The van der Waals surface area contributed by atoms with Gasteiger partial charge >= 0.3 is 37.7 Å². The Morgan fingerprint density at radius 3 is 1.30 bits per heavy atom. The summed E-state index contributed by atoms with van der Waals surface area (Å²) in [7, 11) is -9.10. The van der Waals surface area contributed by atoms with Gasteiger partial charge in [-0.2, -0.15) is 0 Å². The van der Waals surface area contributed by atoms with E-state index in [9.17, 15) is 25.9 Å². The van der Waals surface area contributed by atoms with Crippen LogP contribution in [0.1, 0.15) is 52.4 Å². The third-order valence-corrected chi connectivity index (χ3v) is 2.68. The van der Waals surface area contributed by atoms with Gasteiger partial charge in [-0.05, 0) is 37.8 Å². The van der Waals surface area contributed by atoms with Crippen LogP contribution in [0.4, 0.5) is 0 Å². The van der Waals surface area contributed by atoms with Gasteiger partial charge in [-0.3, -0.25) is 0 Å². The van der Waals surface area contributed by atoms with E-state index in [0.29, 0.717) is 0 Å². The molecule has 0 spiro atoms. The van der Waals surface area contributed by atoms with Gasteiger partial charge in [0.1, 0.15) is 12.5 Å². The molecule has 0 heterocycles. The molecule has 11 heteroatoms. The van der Waals surface area contributed by atoms with Crippen molar-refractivity contribution in [2.45, 2.75) is 52.4 Å². The van der Waals surface area contributed by atoms with Crippen LogP contribution in [-0.2, 0) is 29.2 Å². The van der Waals surface area contributed by atoms with Crippen molar-refractivity contribution in [1.82, 2.24) is 0 Å². The molecule has 0 aromatic heterocycles. The number of hydrogen-bond acceptors (Lipinski definition) is 8. The fourth-order valence-electron chi connectivity index (χ4n) is 0.995. The van der Waals surface area contributed by atoms with E-state index in [2.05, 4.69) is 8.37 Å². The maximum atomic E-state index is 9.83. The van der Waals surface area contributed by atoms with Crippen LogP contribution in [0.5, 0.6) is 0 Å². The molecule has 8 nitrogen and oxygen atoms in total. The number of rotatable bonds is 10. The van der Waals surface area contributed by atoms with E-state index in [1.165, 1.54) is 12.2 Å². The van der Waals surface area contributed by atoms with Crippen LogP contribution in [0.2, 0.25) is 0 Å². The van der Waals surface area contributed by atoms with Crippen LogP contribution in [-0.4, -0.2) is 63.7 Å². The van der Waals surface area contributed by atoms with Gasteiger partial charge < -0.3 is 17.5 Å². The molecule has 0 bridgehead atoms. The topological polar surface area (TPSA) is 133 Å². The summed E-state index contributed by atoms with van der Waals surface area (Å²) < 4.78 is 66.6. The molecule has 0 atom stereocenters. The Balaban J connectivity index is -0.000000333. The minimum Gasteiger partial charge on any atom is -0.716 e. The van der Waals surface area contributed by atoms with Gasteiger partial charge in [0.25, 0.3) is 20.8 Å². The third-order valence-electron chi connectivity index (χ3n) is 1.99. The first-order valence-electron chi connectivity index (χ1n) is 6.70. The molecule has 0 aromatic carbocycles. The summed E-state index contributed by atoms with van der Waals surface area (Å²) in [5.41, 5.74) is 0. The molecule has 0 rings (SSSR count). The molecular weight excluding hydrogens is 376 g/mol. The van der Waals surface area contributed by atoms with Crippen LogP contribution in [0.25, 0.3) is 0 Å². The molecule has 0 radical (unpaired) electrons. The standard InChI is InChI=1S/2C6H12O4S.Ca/c2*1-2-3-4-5-6-10-11(7,8)9;/h2*5-6H,2-4H2,1H3,(H,7,8,9);/q;;+2/p-2/b2*6-5+;. The van der Waals surface area contributed by atoms with Crippen molar-refractivity contribution in [2.24, 2.45) is 0 Å². The van der Waals surface area contributed by atoms with Gasteiger partial charge in [0.05, 0.1) is 0 Å². The van der Waals surface area contributed by atoms with Crippen LogP contribution >= 0.6 is 0 Å². The smallest absolute Gasteiger partial charge is 0.716 e. The summed E-state index contributed by atoms with van der Waals surface area (Å²) in [6, 6.07) is 0. The van der Waals surface area contributed by atoms with Crippen LogP contribution in [0.3, 0.4) is 0 Å². The van der Waals surface area contributed by atoms with Gasteiger partial charge in [0, 0.05) is 0 Å². The van der Waals surface area contributed by atoms with E-state index >= 15 is 0 Å². The Labute approximate surface area is 168 Å². The Hall–Kier alpha value is 0.160. The summed E-state index contributed by atoms with van der Waals surface area (Å²) in [5.74, 6) is 0. The Morgan fingerprint density at radius 1 is 0.783 bits per heavy atom. The first-order chi connectivity index (χ1) is 10.1. The van der Waals surface area contributed by atoms with Crippen molar-refractivity contribution < 1.29 is 34.3 Å². The zero-order valence-corrected chi connectivity index (χ0v) is 17.2. The fraction of sp³-hybridized carbons (Fsp3) is 0.667. The Kier molecular flexibility index (Phi) is 20.7. The Morgan fingerprint density at radius 2 is 1.09 bits per heavy atom. The average Bonchev–Trinajstić information content (AvgIpc) is 2.36. The van der Waals surface area contributed by atoms with Gasteiger partial charge in [-0.15, -0.1) is 0 Å². The molecule has 23 heavy (non-hydrogen) atoms. The fourth-order valence-corrected chi connectivity index (χ4v) is 1.42. The van der Waals surface area contributed by atoms with Crippen LogP contribution in [0.15, 0.2) is 24.7 Å². The van der Waals surface area contributed by atoms with E-state index in [0.717, 1.165) is 51.0 Å². The van der Waals surface area contributed by atoms with Gasteiger partial charge in [-0.25, -0.2) is 16.8 Å². The molecule has 0 amide bonds. The van der Waals surface area contributed by atoms with Gasteiger partial charge in [-0.1, -0.05) is 26.7 Å². The third kappa shape index (κ3) is 34.5. The van der Waals surface area contributed by atoms with Crippen molar-refractivity contribution in [3.63, 3.8) is 0 Å². The summed E-state index contributed by atoms with van der Waals surface area (Å²) in [6.07, 6.45) is 10.3. The van der Waals surface area contributed by atoms with E-state index in [-0.39, 0.29) is 37.7 Å². The molecule has 0 aliphatic heterocycles. The van der Waals surface area contributed by atoms with E-state index in [4.69, 9.17) is 0 Å². The number of hydrogen-bond donors (Lipinski definition) is 0. The molecule has 0 aliphatic carbocycles. The second-order valence-corrected chi connectivity index (χ2v) is 6.05. The molecular formula is C12H22CaO8S2. The zero-order valence-electron chi connectivity index (χ0n) is 13.3. The molecule has 0 fully saturated rings. The average molecular weight is 399 g/mol. The van der Waals surface area contributed by atoms with E-state index < -0.39 is 20.8 Å². The molecule has 0 saturated heterocycles. The maximum Gasteiger partial charge on any atom is 2.00 e. The number of unbranched alkanes of at least 4 members (excludes halogenated alkanes) is 4. The SMILES string of the molecule is CCCC/C=C/OS(=O)(=O)[O-].CCCC/C=C/OS(=O)(=O)[O-].[Ca+2]. The minimum absolute atomic E-state index is 0. The van der Waals surface area contributed by atoms with Crippen molar-refractivity contribution in [1.29, 1.82) is 0 Å². The molecule has 0 N–H and O–H groups in total. The molecule has 0 aliphatic rings. The van der Waals surface area contributed by atoms with Crippen molar-refractivity contribution in [3.05, 3.63) is 24.7 Å². The van der Waals surface area contributed by atoms with Crippen molar-refractivity contribution in [3.8, 4) is 0 Å². The van der Waals surface area contributed by atoms with Crippen LogP contribution in [0, 0.1) is 0 Å². The second-order valence-electron chi connectivity index (χ2n) is 4.04. The number of allylic oxidation sites excluding steroid dienone is 2. The largest absolute Gasteiger partial charge is 2.00 e. The first kappa shape index (κ1) is 28.0. The van der Waals surface area contributed by atoms with Gasteiger partial charge in [0.2, 0.25) is 0 Å². The molecule has 0 unspecified atom stereocenters. The first-order valence-corrected chi connectivity index (χ1v) is 9.37. The summed E-state index contributed by atoms with van der Waals surface area (Å²) >= 11 is 0. The zero-order chi connectivity index (χ0) is 17.5. The monoisotopic (exact) mass is 398 g/mol. The van der Waals surface area contributed by atoms with Crippen molar-refractivity contribution >= 4 is 58.5 Å². The summed E-state index contributed by atoms with van der Waals surface area (Å²) in [6.45, 7) is 4.03. The normalized spacial score (nSPS) is 11.7. The maximum absolute atomic E-state index is 9.83. The van der Waals surface area contributed by atoms with E-state index in [1.807, 2.05) is 13.8 Å². The van der Waals surface area contributed by atoms with Crippen LogP contribution < -0.4 is 0 Å². The summed E-state index contributed by atoms with van der Waals surface area (Å²) in [4.78, 5) is 0. The predicted molar refractivity (Wildman–Crippen MR) is 84.6 cm³/mol. The predicted octanol–water partition coefficient (Wildman–Crippen LogP) is 1.95. The molecule has 0 saturated carbocycles. The summed E-state index contributed by atoms with van der Waals surface area (Å²) in [5, 5.41) is 0.